The molecule has 0 saturated heterocycles. The van der Waals surface area contributed by atoms with Gasteiger partial charge < -0.3 is 10.8 Å². The second-order valence-electron chi connectivity index (χ2n) is 9.52. The van der Waals surface area contributed by atoms with Gasteiger partial charge in [-0.3, -0.25) is 0 Å². The molecule has 0 radical (unpaired) electrons. The van der Waals surface area contributed by atoms with Crippen LogP contribution in [0.25, 0.3) is 0 Å². The van der Waals surface area contributed by atoms with Crippen LogP contribution in [-0.4, -0.2) is 11.3 Å². The van der Waals surface area contributed by atoms with Gasteiger partial charge in [0.25, 0.3) is 0 Å². The van der Waals surface area contributed by atoms with Crippen LogP contribution >= 0.6 is 11.6 Å². The Morgan fingerprint density at radius 3 is 1.61 bits per heavy atom. The second-order valence-corrected chi connectivity index (χ2v) is 9.95. The molecule has 1 unspecified atom stereocenters. The molecular formula is C32H25ClF3NO. The summed E-state index contributed by atoms with van der Waals surface area (Å²) in [7, 11) is 0. The molecule has 1 saturated carbocycles. The Bertz CT molecular complexity index is 1390. The van der Waals surface area contributed by atoms with Gasteiger partial charge >= 0.3 is 6.18 Å². The van der Waals surface area contributed by atoms with Crippen molar-refractivity contribution >= 4 is 17.3 Å². The molecule has 0 aromatic heterocycles. The first-order chi connectivity index (χ1) is 18.2. The molecule has 1 fully saturated rings. The van der Waals surface area contributed by atoms with Crippen molar-refractivity contribution in [2.75, 3.05) is 5.73 Å². The molecule has 192 valence electrons. The maximum atomic E-state index is 14.9. The molecule has 0 aliphatic heterocycles. The fourth-order valence-electron chi connectivity index (χ4n) is 5.05. The molecule has 5 rings (SSSR count). The van der Waals surface area contributed by atoms with Crippen LogP contribution < -0.4 is 5.73 Å². The van der Waals surface area contributed by atoms with E-state index in [1.165, 1.54) is 6.07 Å². The van der Waals surface area contributed by atoms with Crippen molar-refractivity contribution in [3.05, 3.63) is 136 Å². The average molecular weight is 532 g/mol. The minimum atomic E-state index is -5.13. The van der Waals surface area contributed by atoms with E-state index in [-0.39, 0.29) is 22.2 Å². The molecule has 4 aromatic rings. The van der Waals surface area contributed by atoms with Gasteiger partial charge in [0.2, 0.25) is 5.60 Å². The molecule has 4 aromatic carbocycles. The Balaban J connectivity index is 1.99. The van der Waals surface area contributed by atoms with Gasteiger partial charge in [-0.05, 0) is 41.7 Å². The maximum Gasteiger partial charge on any atom is 0.433 e. The van der Waals surface area contributed by atoms with Crippen molar-refractivity contribution in [3.8, 4) is 11.8 Å². The van der Waals surface area contributed by atoms with Crippen LogP contribution in [0.2, 0.25) is 5.02 Å². The van der Waals surface area contributed by atoms with Crippen LogP contribution in [0.3, 0.4) is 0 Å². The normalized spacial score (nSPS) is 15.3. The summed E-state index contributed by atoms with van der Waals surface area (Å²) in [5.41, 5.74) is 3.40. The van der Waals surface area contributed by atoms with E-state index in [9.17, 15) is 18.3 Å². The highest BCUT2D eigenvalue weighted by Crippen LogP contribution is 2.53. The second kappa shape index (κ2) is 9.87. The monoisotopic (exact) mass is 531 g/mol. The molecule has 6 heteroatoms. The number of benzene rings is 4. The quantitative estimate of drug-likeness (QED) is 0.159. The Morgan fingerprint density at radius 2 is 1.21 bits per heavy atom. The maximum absolute atomic E-state index is 14.9. The summed E-state index contributed by atoms with van der Waals surface area (Å²) in [5, 5.41) is 11.5. The predicted octanol–water partition coefficient (Wildman–Crippen LogP) is 7.47. The van der Waals surface area contributed by atoms with Crippen LogP contribution in [0.1, 0.15) is 40.7 Å². The SMILES string of the molecule is Nc1cc(Cl)cc(C(O)(C#CC2CC2)C(F)(F)F)c1C(c1ccccc1)(c1ccccc1)c1ccccc1. The zero-order valence-electron chi connectivity index (χ0n) is 20.3. The summed E-state index contributed by atoms with van der Waals surface area (Å²) < 4.78 is 44.6. The van der Waals surface area contributed by atoms with Crippen LogP contribution in [-0.2, 0) is 11.0 Å². The van der Waals surface area contributed by atoms with Crippen LogP contribution in [0.15, 0.2) is 103 Å². The number of anilines is 1. The Hall–Kier alpha value is -3.72. The highest BCUT2D eigenvalue weighted by atomic mass is 35.5. The van der Waals surface area contributed by atoms with Crippen molar-refractivity contribution in [2.24, 2.45) is 5.92 Å². The first-order valence-corrected chi connectivity index (χ1v) is 12.6. The highest BCUT2D eigenvalue weighted by molar-refractivity contribution is 6.31. The van der Waals surface area contributed by atoms with E-state index in [2.05, 4.69) is 11.8 Å². The average Bonchev–Trinajstić information content (AvgIpc) is 3.74. The van der Waals surface area contributed by atoms with E-state index in [0.29, 0.717) is 29.5 Å². The lowest BCUT2D eigenvalue weighted by Crippen LogP contribution is -2.45. The van der Waals surface area contributed by atoms with Crippen LogP contribution in [0.4, 0.5) is 18.9 Å². The lowest BCUT2D eigenvalue weighted by atomic mass is 9.62. The van der Waals surface area contributed by atoms with Crippen molar-refractivity contribution in [1.82, 2.24) is 0 Å². The number of rotatable bonds is 5. The summed E-state index contributed by atoms with van der Waals surface area (Å²) in [6.07, 6.45) is -3.72. The summed E-state index contributed by atoms with van der Waals surface area (Å²) in [5.74, 6) is 4.66. The predicted molar refractivity (Wildman–Crippen MR) is 145 cm³/mol. The van der Waals surface area contributed by atoms with Gasteiger partial charge in [0.05, 0.1) is 5.41 Å². The van der Waals surface area contributed by atoms with E-state index in [1.54, 1.807) is 0 Å². The van der Waals surface area contributed by atoms with E-state index in [1.807, 2.05) is 91.0 Å². The first kappa shape index (κ1) is 25.9. The van der Waals surface area contributed by atoms with Crippen molar-refractivity contribution in [3.63, 3.8) is 0 Å². The molecule has 0 bridgehead atoms. The Labute approximate surface area is 224 Å². The van der Waals surface area contributed by atoms with Crippen LogP contribution in [0.5, 0.6) is 0 Å². The fourth-order valence-corrected chi connectivity index (χ4v) is 5.28. The molecular weight excluding hydrogens is 507 g/mol. The number of aliphatic hydroxyl groups is 1. The third-order valence-corrected chi connectivity index (χ3v) is 7.18. The van der Waals surface area contributed by atoms with E-state index < -0.39 is 22.8 Å². The van der Waals surface area contributed by atoms with Gasteiger partial charge in [0, 0.05) is 27.8 Å². The summed E-state index contributed by atoms with van der Waals surface area (Å²) in [4.78, 5) is 0. The minimum Gasteiger partial charge on any atom is -0.398 e. The standard InChI is InChI=1S/C32H25ClF3NO/c33-26-20-27(30(38,32(34,35)36)19-18-22-16-17-22)29(28(37)21-26)31(23-10-4-1-5-11-23,24-12-6-2-7-13-24)25-14-8-3-9-15-25/h1-15,20-22,38H,16-17,37H2. The lowest BCUT2D eigenvalue weighted by Gasteiger charge is -2.41. The van der Waals surface area contributed by atoms with Crippen molar-refractivity contribution in [2.45, 2.75) is 30.0 Å². The molecule has 2 nitrogen and oxygen atoms in total. The van der Waals surface area contributed by atoms with Crippen molar-refractivity contribution < 1.29 is 18.3 Å². The Morgan fingerprint density at radius 1 is 0.763 bits per heavy atom. The lowest BCUT2D eigenvalue weighted by molar-refractivity contribution is -0.241. The third kappa shape index (κ3) is 4.45. The largest absolute Gasteiger partial charge is 0.433 e. The van der Waals surface area contributed by atoms with Gasteiger partial charge in [-0.25, -0.2) is 0 Å². The number of nitrogen functional groups attached to an aromatic ring is 1. The highest BCUT2D eigenvalue weighted by Gasteiger charge is 2.58. The smallest absolute Gasteiger partial charge is 0.398 e. The molecule has 1 atom stereocenters. The van der Waals surface area contributed by atoms with E-state index >= 15 is 0 Å². The number of nitrogens with two attached hydrogens (primary N) is 1. The molecule has 1 aliphatic carbocycles. The van der Waals surface area contributed by atoms with Crippen molar-refractivity contribution in [1.29, 1.82) is 0 Å². The zero-order chi connectivity index (χ0) is 27.0. The Kier molecular flexibility index (Phi) is 6.73. The van der Waals surface area contributed by atoms with Crippen LogP contribution in [0, 0.1) is 17.8 Å². The van der Waals surface area contributed by atoms with Gasteiger partial charge in [0.15, 0.2) is 0 Å². The fraction of sp³-hybridized carbons (Fsp3) is 0.188. The zero-order valence-corrected chi connectivity index (χ0v) is 21.1. The molecule has 38 heavy (non-hydrogen) atoms. The first-order valence-electron chi connectivity index (χ1n) is 12.3. The topological polar surface area (TPSA) is 46.2 Å². The number of alkyl halides is 3. The van der Waals surface area contributed by atoms with Gasteiger partial charge in [-0.2, -0.15) is 13.2 Å². The summed E-state index contributed by atoms with van der Waals surface area (Å²) in [6.45, 7) is 0. The third-order valence-electron chi connectivity index (χ3n) is 6.96. The molecule has 3 N–H and O–H groups in total. The summed E-state index contributed by atoms with van der Waals surface area (Å²) in [6, 6.07) is 30.1. The number of hydrogen-bond acceptors (Lipinski definition) is 2. The number of halogens is 4. The van der Waals surface area contributed by atoms with Gasteiger partial charge in [-0.15, -0.1) is 0 Å². The molecule has 1 aliphatic rings. The van der Waals surface area contributed by atoms with Gasteiger partial charge in [0.1, 0.15) is 0 Å². The van der Waals surface area contributed by atoms with E-state index in [4.69, 9.17) is 17.3 Å². The molecule has 0 spiro atoms. The van der Waals surface area contributed by atoms with E-state index in [0.717, 1.165) is 6.07 Å². The summed E-state index contributed by atoms with van der Waals surface area (Å²) >= 11 is 6.33. The number of hydrogen-bond donors (Lipinski definition) is 2. The molecule has 0 amide bonds. The molecule has 0 heterocycles. The van der Waals surface area contributed by atoms with Gasteiger partial charge in [-0.1, -0.05) is 114 Å². The minimum absolute atomic E-state index is 0.0138.